The lowest BCUT2D eigenvalue weighted by molar-refractivity contribution is 0.411. The van der Waals surface area contributed by atoms with Crippen LogP contribution in [0.3, 0.4) is 0 Å². The van der Waals surface area contributed by atoms with Crippen LogP contribution in [0.25, 0.3) is 0 Å². The topological polar surface area (TPSA) is 81.4 Å². The number of anilines is 1. The van der Waals surface area contributed by atoms with Crippen molar-refractivity contribution in [2.24, 2.45) is 0 Å². The Bertz CT molecular complexity index is 790. The number of benzene rings is 2. The zero-order valence-electron chi connectivity index (χ0n) is 14.0. The molecule has 0 saturated heterocycles. The summed E-state index contributed by atoms with van der Waals surface area (Å²) in [7, 11) is -1.98. The van der Waals surface area contributed by atoms with Crippen molar-refractivity contribution in [2.45, 2.75) is 25.2 Å². The Balaban J connectivity index is 0.00000288. The Hall–Kier alpha value is -1.76. The molecule has 2 rings (SSSR count). The molecule has 0 amide bonds. The molecule has 0 heterocycles. The summed E-state index contributed by atoms with van der Waals surface area (Å²) >= 11 is 0. The molecule has 2 aromatic rings. The highest BCUT2D eigenvalue weighted by molar-refractivity contribution is 7.89. The van der Waals surface area contributed by atoms with E-state index in [9.17, 15) is 8.42 Å². The number of ether oxygens (including phenoxy) is 1. The van der Waals surface area contributed by atoms with Gasteiger partial charge in [0.05, 0.1) is 12.0 Å². The Morgan fingerprint density at radius 1 is 1.08 bits per heavy atom. The lowest BCUT2D eigenvalue weighted by Gasteiger charge is -2.13. The third kappa shape index (κ3) is 4.87. The van der Waals surface area contributed by atoms with Crippen LogP contribution in [0, 0.1) is 13.8 Å². The smallest absolute Gasteiger partial charge is 0.240 e. The zero-order valence-corrected chi connectivity index (χ0v) is 15.6. The molecule has 0 aliphatic rings. The first-order valence-electron chi connectivity index (χ1n) is 7.33. The van der Waals surface area contributed by atoms with E-state index in [4.69, 9.17) is 10.5 Å². The van der Waals surface area contributed by atoms with Crippen LogP contribution in [0.15, 0.2) is 41.3 Å². The fraction of sp³-hybridized carbons (Fsp3) is 0.294. The second kappa shape index (κ2) is 8.37. The van der Waals surface area contributed by atoms with E-state index in [0.29, 0.717) is 30.0 Å². The molecule has 0 spiro atoms. The number of aryl methyl sites for hydroxylation is 2. The Morgan fingerprint density at radius 3 is 2.29 bits per heavy atom. The van der Waals surface area contributed by atoms with Crippen LogP contribution < -0.4 is 15.2 Å². The van der Waals surface area contributed by atoms with E-state index in [2.05, 4.69) is 4.72 Å². The molecule has 0 radical (unpaired) electrons. The van der Waals surface area contributed by atoms with E-state index in [1.165, 1.54) is 0 Å². The lowest BCUT2D eigenvalue weighted by atomic mass is 10.1. The summed E-state index contributed by atoms with van der Waals surface area (Å²) in [5.74, 6) is 0.684. The van der Waals surface area contributed by atoms with Crippen LogP contribution in [0.2, 0.25) is 0 Å². The number of nitrogens with one attached hydrogen (secondary N) is 1. The highest BCUT2D eigenvalue weighted by Crippen LogP contribution is 2.25. The van der Waals surface area contributed by atoms with Gasteiger partial charge in [-0.1, -0.05) is 12.1 Å². The molecule has 5 nitrogen and oxygen atoms in total. The minimum atomic E-state index is -3.55. The highest BCUT2D eigenvalue weighted by Gasteiger charge is 2.18. The van der Waals surface area contributed by atoms with Gasteiger partial charge in [0.2, 0.25) is 10.0 Å². The number of halogens is 1. The van der Waals surface area contributed by atoms with Crippen molar-refractivity contribution in [3.63, 3.8) is 0 Å². The van der Waals surface area contributed by atoms with E-state index >= 15 is 0 Å². The van der Waals surface area contributed by atoms with E-state index in [-0.39, 0.29) is 17.3 Å². The van der Waals surface area contributed by atoms with Crippen molar-refractivity contribution < 1.29 is 13.2 Å². The molecule has 0 bridgehead atoms. The van der Waals surface area contributed by atoms with Gasteiger partial charge in [-0.25, -0.2) is 13.1 Å². The zero-order chi connectivity index (χ0) is 17.0. The molecule has 132 valence electrons. The summed E-state index contributed by atoms with van der Waals surface area (Å²) in [6, 6.07) is 10.8. The van der Waals surface area contributed by atoms with Crippen LogP contribution in [0.4, 0.5) is 5.69 Å². The SMILES string of the molecule is COc1cc(C)c(S(=O)(=O)NCCc2ccc(N)cc2)cc1C.Cl. The maximum absolute atomic E-state index is 12.5. The summed E-state index contributed by atoms with van der Waals surface area (Å²) in [5.41, 5.74) is 8.81. The monoisotopic (exact) mass is 370 g/mol. The average Bonchev–Trinajstić information content (AvgIpc) is 2.51. The number of hydrogen-bond donors (Lipinski definition) is 2. The Kier molecular flexibility index (Phi) is 7.08. The van der Waals surface area contributed by atoms with Gasteiger partial charge in [-0.3, -0.25) is 0 Å². The number of nitrogen functional groups attached to an aromatic ring is 1. The van der Waals surface area contributed by atoms with Crippen LogP contribution in [0.1, 0.15) is 16.7 Å². The van der Waals surface area contributed by atoms with Crippen LogP contribution in [0.5, 0.6) is 5.75 Å². The van der Waals surface area contributed by atoms with Gasteiger partial charge in [0, 0.05) is 12.2 Å². The van der Waals surface area contributed by atoms with Gasteiger partial charge >= 0.3 is 0 Å². The fourth-order valence-electron chi connectivity index (χ4n) is 2.36. The van der Waals surface area contributed by atoms with E-state index < -0.39 is 10.0 Å². The minimum Gasteiger partial charge on any atom is -0.496 e. The van der Waals surface area contributed by atoms with Crippen molar-refractivity contribution in [3.8, 4) is 5.75 Å². The molecule has 7 heteroatoms. The maximum atomic E-state index is 12.5. The summed E-state index contributed by atoms with van der Waals surface area (Å²) in [4.78, 5) is 0.285. The van der Waals surface area contributed by atoms with Gasteiger partial charge in [-0.05, 0) is 61.2 Å². The first kappa shape index (κ1) is 20.3. The van der Waals surface area contributed by atoms with Gasteiger partial charge in [-0.2, -0.15) is 0 Å². The lowest BCUT2D eigenvalue weighted by Crippen LogP contribution is -2.26. The van der Waals surface area contributed by atoms with Crippen molar-refractivity contribution in [3.05, 3.63) is 53.1 Å². The first-order valence-corrected chi connectivity index (χ1v) is 8.81. The van der Waals surface area contributed by atoms with Gasteiger partial charge in [0.1, 0.15) is 5.75 Å². The van der Waals surface area contributed by atoms with E-state index in [0.717, 1.165) is 11.1 Å². The van der Waals surface area contributed by atoms with Gasteiger partial charge in [0.25, 0.3) is 0 Å². The summed E-state index contributed by atoms with van der Waals surface area (Å²) in [6.07, 6.45) is 0.605. The predicted octanol–water partition coefficient (Wildman–Crippen LogP) is 2.84. The summed E-state index contributed by atoms with van der Waals surface area (Å²) in [6.45, 7) is 3.92. The standard InChI is InChI=1S/C17H22N2O3S.ClH/c1-12-11-17(13(2)10-16(12)22-3)23(20,21)19-9-8-14-4-6-15(18)7-5-14;/h4-7,10-11,19H,8-9,18H2,1-3H3;1H. The molecule has 0 atom stereocenters. The molecule has 3 N–H and O–H groups in total. The molecule has 0 fully saturated rings. The van der Waals surface area contributed by atoms with Gasteiger partial charge in [0.15, 0.2) is 0 Å². The number of nitrogens with two attached hydrogens (primary N) is 1. The van der Waals surface area contributed by atoms with Crippen molar-refractivity contribution in [2.75, 3.05) is 19.4 Å². The van der Waals surface area contributed by atoms with Crippen molar-refractivity contribution >= 4 is 28.1 Å². The number of rotatable bonds is 6. The Labute approximate surface area is 149 Å². The fourth-order valence-corrected chi connectivity index (χ4v) is 3.71. The molecule has 0 aliphatic carbocycles. The largest absolute Gasteiger partial charge is 0.496 e. The summed E-state index contributed by atoms with van der Waals surface area (Å²) < 4.78 is 32.8. The Morgan fingerprint density at radius 2 is 1.71 bits per heavy atom. The third-order valence-electron chi connectivity index (χ3n) is 3.67. The molecule has 24 heavy (non-hydrogen) atoms. The van der Waals surface area contributed by atoms with E-state index in [1.54, 1.807) is 38.3 Å². The van der Waals surface area contributed by atoms with Crippen molar-refractivity contribution in [1.82, 2.24) is 4.72 Å². The number of sulfonamides is 1. The summed E-state index contributed by atoms with van der Waals surface area (Å²) in [5, 5.41) is 0. The minimum absolute atomic E-state index is 0. The molecule has 2 aromatic carbocycles. The quantitative estimate of drug-likeness (QED) is 0.766. The number of methoxy groups -OCH3 is 1. The second-order valence-electron chi connectivity index (χ2n) is 5.48. The third-order valence-corrected chi connectivity index (χ3v) is 5.27. The first-order chi connectivity index (χ1) is 10.8. The molecule has 0 unspecified atom stereocenters. The second-order valence-corrected chi connectivity index (χ2v) is 7.21. The van der Waals surface area contributed by atoms with Gasteiger partial charge < -0.3 is 10.5 Å². The molecule has 0 aliphatic heterocycles. The average molecular weight is 371 g/mol. The number of hydrogen-bond acceptors (Lipinski definition) is 4. The molecular weight excluding hydrogens is 348 g/mol. The maximum Gasteiger partial charge on any atom is 0.240 e. The molecular formula is C17H23ClN2O3S. The predicted molar refractivity (Wildman–Crippen MR) is 99.5 cm³/mol. The van der Waals surface area contributed by atoms with Gasteiger partial charge in [-0.15, -0.1) is 12.4 Å². The van der Waals surface area contributed by atoms with Crippen LogP contribution >= 0.6 is 12.4 Å². The van der Waals surface area contributed by atoms with Crippen LogP contribution in [-0.2, 0) is 16.4 Å². The van der Waals surface area contributed by atoms with Crippen molar-refractivity contribution in [1.29, 1.82) is 0 Å². The van der Waals surface area contributed by atoms with E-state index in [1.807, 2.05) is 19.1 Å². The van der Waals surface area contributed by atoms with Crippen LogP contribution in [-0.4, -0.2) is 22.1 Å². The molecule has 0 aromatic heterocycles. The molecule has 0 saturated carbocycles. The normalized spacial score (nSPS) is 11.0. The highest BCUT2D eigenvalue weighted by atomic mass is 35.5.